The normalized spacial score (nSPS) is 18.0. The standard InChI is InChI=1S/C27H32N2O5/c1-2-8-24(26(32)29-14-7-9-18(16-29)15-25(30)31)28-27(33)34-17-23-21-12-5-3-10-19(21)20-11-4-6-13-22(20)23/h3-6,10-13,18,23-24H,2,7-9,14-17H2,1H3,(H,28,33)(H,30,31)/t18?,24-/m1/s1. The number of carbonyl (C=O) groups is 3. The molecule has 2 aromatic rings. The molecule has 2 N–H and O–H groups in total. The Morgan fingerprint density at radius 3 is 2.35 bits per heavy atom. The summed E-state index contributed by atoms with van der Waals surface area (Å²) in [6.45, 7) is 3.15. The average Bonchev–Trinajstić information content (AvgIpc) is 3.15. The van der Waals surface area contributed by atoms with E-state index in [-0.39, 0.29) is 30.8 Å². The van der Waals surface area contributed by atoms with Crippen LogP contribution in [0.25, 0.3) is 11.1 Å². The molecule has 1 aliphatic heterocycles. The molecule has 2 atom stereocenters. The summed E-state index contributed by atoms with van der Waals surface area (Å²) in [6, 6.07) is 15.6. The van der Waals surface area contributed by atoms with Crippen LogP contribution in [0.1, 0.15) is 56.1 Å². The van der Waals surface area contributed by atoms with E-state index in [1.165, 1.54) is 0 Å². The summed E-state index contributed by atoms with van der Waals surface area (Å²) in [7, 11) is 0. The number of hydrogen-bond acceptors (Lipinski definition) is 4. The van der Waals surface area contributed by atoms with E-state index in [4.69, 9.17) is 9.84 Å². The molecule has 180 valence electrons. The molecule has 1 fully saturated rings. The number of alkyl carbamates (subject to hydrolysis) is 1. The van der Waals surface area contributed by atoms with Crippen LogP contribution in [0.2, 0.25) is 0 Å². The van der Waals surface area contributed by atoms with Crippen LogP contribution in [0.4, 0.5) is 4.79 Å². The maximum atomic E-state index is 13.2. The lowest BCUT2D eigenvalue weighted by atomic mass is 9.94. The van der Waals surface area contributed by atoms with Gasteiger partial charge in [-0.1, -0.05) is 61.9 Å². The highest BCUT2D eigenvalue weighted by Gasteiger charge is 2.32. The van der Waals surface area contributed by atoms with Crippen LogP contribution in [0.15, 0.2) is 48.5 Å². The molecule has 0 aromatic heterocycles. The Kier molecular flexibility index (Phi) is 7.50. The van der Waals surface area contributed by atoms with Crippen LogP contribution in [-0.4, -0.2) is 53.7 Å². The average molecular weight is 465 g/mol. The molecular formula is C27H32N2O5. The number of hydrogen-bond donors (Lipinski definition) is 2. The van der Waals surface area contributed by atoms with E-state index < -0.39 is 18.1 Å². The maximum Gasteiger partial charge on any atom is 0.407 e. The third-order valence-corrected chi connectivity index (χ3v) is 6.81. The van der Waals surface area contributed by atoms with Crippen molar-refractivity contribution in [1.82, 2.24) is 10.2 Å². The molecule has 1 aliphatic carbocycles. The highest BCUT2D eigenvalue weighted by Crippen LogP contribution is 2.44. The molecule has 2 aromatic carbocycles. The topological polar surface area (TPSA) is 95.9 Å². The van der Waals surface area contributed by atoms with E-state index in [1.807, 2.05) is 31.2 Å². The largest absolute Gasteiger partial charge is 0.481 e. The summed E-state index contributed by atoms with van der Waals surface area (Å²) in [5, 5.41) is 11.9. The van der Waals surface area contributed by atoms with Gasteiger partial charge in [0.1, 0.15) is 12.6 Å². The number of carboxylic acids is 1. The number of rotatable bonds is 8. The minimum absolute atomic E-state index is 0.0441. The van der Waals surface area contributed by atoms with Gasteiger partial charge in [0.2, 0.25) is 5.91 Å². The first-order chi connectivity index (χ1) is 16.5. The number of fused-ring (bicyclic) bond motifs is 3. The first kappa shape index (κ1) is 23.8. The Labute approximate surface area is 200 Å². The molecule has 34 heavy (non-hydrogen) atoms. The Balaban J connectivity index is 1.38. The number of carboxylic acid groups (broad SMARTS) is 1. The van der Waals surface area contributed by atoms with Crippen molar-refractivity contribution in [3.63, 3.8) is 0 Å². The molecule has 7 nitrogen and oxygen atoms in total. The summed E-state index contributed by atoms with van der Waals surface area (Å²) in [5.74, 6) is -1.10. The fraction of sp³-hybridized carbons (Fsp3) is 0.444. The Bertz CT molecular complexity index is 1010. The van der Waals surface area contributed by atoms with E-state index in [9.17, 15) is 14.4 Å². The van der Waals surface area contributed by atoms with Crippen LogP contribution >= 0.6 is 0 Å². The zero-order valence-corrected chi connectivity index (χ0v) is 19.5. The molecule has 2 aliphatic rings. The SMILES string of the molecule is CCC[C@@H](NC(=O)OCC1c2ccccc2-c2ccccc21)C(=O)N1CCCC(CC(=O)O)C1. The molecule has 0 spiro atoms. The second kappa shape index (κ2) is 10.7. The number of nitrogens with zero attached hydrogens (tertiary/aromatic N) is 1. The molecule has 2 amide bonds. The van der Waals surface area contributed by atoms with Crippen molar-refractivity contribution in [3.8, 4) is 11.1 Å². The van der Waals surface area contributed by atoms with Crippen molar-refractivity contribution in [1.29, 1.82) is 0 Å². The van der Waals surface area contributed by atoms with Crippen LogP contribution in [0.3, 0.4) is 0 Å². The van der Waals surface area contributed by atoms with Gasteiger partial charge in [0, 0.05) is 25.4 Å². The summed E-state index contributed by atoms with van der Waals surface area (Å²) in [5.41, 5.74) is 4.59. The van der Waals surface area contributed by atoms with Crippen LogP contribution in [0, 0.1) is 5.92 Å². The second-order valence-corrected chi connectivity index (χ2v) is 9.20. The summed E-state index contributed by atoms with van der Waals surface area (Å²) < 4.78 is 5.63. The van der Waals surface area contributed by atoms with Gasteiger partial charge in [-0.15, -0.1) is 0 Å². The van der Waals surface area contributed by atoms with Crippen LogP contribution in [0.5, 0.6) is 0 Å². The van der Waals surface area contributed by atoms with Gasteiger partial charge < -0.3 is 20.1 Å². The first-order valence-electron chi connectivity index (χ1n) is 12.1. The molecule has 0 radical (unpaired) electrons. The van der Waals surface area contributed by atoms with Crippen molar-refractivity contribution in [2.24, 2.45) is 5.92 Å². The smallest absolute Gasteiger partial charge is 0.407 e. The maximum absolute atomic E-state index is 13.2. The quantitative estimate of drug-likeness (QED) is 0.603. The third kappa shape index (κ3) is 5.24. The lowest BCUT2D eigenvalue weighted by Gasteiger charge is -2.34. The molecule has 1 unspecified atom stereocenters. The van der Waals surface area contributed by atoms with Gasteiger partial charge in [0.15, 0.2) is 0 Å². The van der Waals surface area contributed by atoms with Crippen molar-refractivity contribution < 1.29 is 24.2 Å². The van der Waals surface area contributed by atoms with Crippen molar-refractivity contribution in [3.05, 3.63) is 59.7 Å². The Hall–Kier alpha value is -3.35. The van der Waals surface area contributed by atoms with E-state index >= 15 is 0 Å². The van der Waals surface area contributed by atoms with Gasteiger partial charge in [-0.25, -0.2) is 4.79 Å². The minimum Gasteiger partial charge on any atom is -0.481 e. The summed E-state index contributed by atoms with van der Waals surface area (Å²) in [6.07, 6.45) is 2.26. The zero-order valence-electron chi connectivity index (χ0n) is 19.5. The lowest BCUT2D eigenvalue weighted by molar-refractivity contribution is -0.141. The fourth-order valence-corrected chi connectivity index (χ4v) is 5.23. The van der Waals surface area contributed by atoms with E-state index in [1.54, 1.807) is 4.90 Å². The number of amides is 2. The van der Waals surface area contributed by atoms with Crippen molar-refractivity contribution >= 4 is 18.0 Å². The Morgan fingerprint density at radius 1 is 1.09 bits per heavy atom. The van der Waals surface area contributed by atoms with Gasteiger partial charge >= 0.3 is 12.1 Å². The first-order valence-corrected chi connectivity index (χ1v) is 12.1. The molecule has 0 saturated carbocycles. The monoisotopic (exact) mass is 464 g/mol. The van der Waals surface area contributed by atoms with E-state index in [0.29, 0.717) is 19.5 Å². The van der Waals surface area contributed by atoms with Crippen molar-refractivity contribution in [2.75, 3.05) is 19.7 Å². The number of aliphatic carboxylic acids is 1. The number of ether oxygens (including phenoxy) is 1. The Morgan fingerprint density at radius 2 is 1.74 bits per heavy atom. The molecule has 1 saturated heterocycles. The number of piperidine rings is 1. The highest BCUT2D eigenvalue weighted by molar-refractivity contribution is 5.86. The van der Waals surface area contributed by atoms with Gasteiger partial charge in [-0.05, 0) is 47.4 Å². The number of carbonyl (C=O) groups excluding carboxylic acids is 2. The third-order valence-electron chi connectivity index (χ3n) is 6.81. The number of benzene rings is 2. The van der Waals surface area contributed by atoms with Gasteiger partial charge in [0.25, 0.3) is 0 Å². The van der Waals surface area contributed by atoms with Crippen LogP contribution in [-0.2, 0) is 14.3 Å². The molecule has 1 heterocycles. The fourth-order valence-electron chi connectivity index (χ4n) is 5.23. The molecule has 0 bridgehead atoms. The number of likely N-dealkylation sites (tertiary alicyclic amines) is 1. The van der Waals surface area contributed by atoms with Crippen molar-refractivity contribution in [2.45, 2.75) is 51.0 Å². The zero-order chi connectivity index (χ0) is 24.1. The van der Waals surface area contributed by atoms with E-state index in [0.717, 1.165) is 41.5 Å². The summed E-state index contributed by atoms with van der Waals surface area (Å²) in [4.78, 5) is 38.7. The predicted octanol–water partition coefficient (Wildman–Crippen LogP) is 4.41. The van der Waals surface area contributed by atoms with E-state index in [2.05, 4.69) is 29.6 Å². The van der Waals surface area contributed by atoms with Gasteiger partial charge in [-0.3, -0.25) is 9.59 Å². The highest BCUT2D eigenvalue weighted by atomic mass is 16.5. The lowest BCUT2D eigenvalue weighted by Crippen LogP contribution is -2.51. The summed E-state index contributed by atoms with van der Waals surface area (Å²) >= 11 is 0. The second-order valence-electron chi connectivity index (χ2n) is 9.20. The minimum atomic E-state index is -0.846. The van der Waals surface area contributed by atoms with Crippen LogP contribution < -0.4 is 5.32 Å². The van der Waals surface area contributed by atoms with Gasteiger partial charge in [-0.2, -0.15) is 0 Å². The molecule has 4 rings (SSSR count). The number of nitrogens with one attached hydrogen (secondary N) is 1. The molecular weight excluding hydrogens is 432 g/mol. The van der Waals surface area contributed by atoms with Gasteiger partial charge in [0.05, 0.1) is 0 Å². The molecule has 7 heteroatoms. The predicted molar refractivity (Wildman–Crippen MR) is 128 cm³/mol.